The lowest BCUT2D eigenvalue weighted by atomic mass is 10.2. The van der Waals surface area contributed by atoms with Gasteiger partial charge in [0.25, 0.3) is 0 Å². The molecular formula is C11H11ClO2S. The van der Waals surface area contributed by atoms with Crippen LogP contribution in [0, 0.1) is 0 Å². The van der Waals surface area contributed by atoms with E-state index in [1.54, 1.807) is 11.3 Å². The van der Waals surface area contributed by atoms with Gasteiger partial charge in [-0.1, -0.05) is 6.07 Å². The van der Waals surface area contributed by atoms with E-state index in [0.717, 1.165) is 11.1 Å². The predicted molar refractivity (Wildman–Crippen MR) is 64.0 cm³/mol. The molecule has 0 spiro atoms. The summed E-state index contributed by atoms with van der Waals surface area (Å²) in [5.41, 5.74) is 0. The Kier molecular flexibility index (Phi) is 3.46. The minimum absolute atomic E-state index is 0.194. The van der Waals surface area contributed by atoms with Gasteiger partial charge in [0.05, 0.1) is 5.88 Å². The van der Waals surface area contributed by atoms with Gasteiger partial charge >= 0.3 is 0 Å². The maximum atomic E-state index is 9.29. The number of hydrogen-bond acceptors (Lipinski definition) is 3. The molecule has 2 rings (SSSR count). The molecule has 0 saturated heterocycles. The summed E-state index contributed by atoms with van der Waals surface area (Å²) < 4.78 is 6.69. The summed E-state index contributed by atoms with van der Waals surface area (Å²) in [5, 5.41) is 12.4. The second-order valence-electron chi connectivity index (χ2n) is 3.21. The lowest BCUT2D eigenvalue weighted by molar-refractivity contribution is 0.126. The van der Waals surface area contributed by atoms with Crippen LogP contribution in [-0.2, 0) is 0 Å². The van der Waals surface area contributed by atoms with Gasteiger partial charge in [-0.3, -0.25) is 0 Å². The second-order valence-corrected chi connectivity index (χ2v) is 4.46. The Labute approximate surface area is 97.1 Å². The van der Waals surface area contributed by atoms with Crippen LogP contribution >= 0.6 is 22.9 Å². The Morgan fingerprint density at radius 2 is 2.27 bits per heavy atom. The number of ether oxygens (including phenoxy) is 1. The van der Waals surface area contributed by atoms with Gasteiger partial charge in [0.2, 0.25) is 0 Å². The number of aliphatic hydroxyl groups is 1. The van der Waals surface area contributed by atoms with E-state index in [2.05, 4.69) is 0 Å². The highest BCUT2D eigenvalue weighted by molar-refractivity contribution is 7.17. The number of hydrogen-bond donors (Lipinski definition) is 1. The van der Waals surface area contributed by atoms with Gasteiger partial charge in [-0.25, -0.2) is 0 Å². The van der Waals surface area contributed by atoms with Gasteiger partial charge in [0.15, 0.2) is 0 Å². The molecule has 0 aliphatic heterocycles. The number of thiophene rings is 1. The van der Waals surface area contributed by atoms with Gasteiger partial charge in [-0.05, 0) is 23.6 Å². The molecule has 0 aliphatic carbocycles. The monoisotopic (exact) mass is 242 g/mol. The zero-order chi connectivity index (χ0) is 10.7. The lowest BCUT2D eigenvalue weighted by Gasteiger charge is -2.10. The summed E-state index contributed by atoms with van der Waals surface area (Å²) in [6.07, 6.45) is -0.611. The van der Waals surface area contributed by atoms with Crippen LogP contribution in [0.15, 0.2) is 29.6 Å². The zero-order valence-electron chi connectivity index (χ0n) is 8.02. The third-order valence-electron chi connectivity index (χ3n) is 2.07. The van der Waals surface area contributed by atoms with Crippen LogP contribution in [0.4, 0.5) is 0 Å². The first kappa shape index (κ1) is 10.7. The third kappa shape index (κ3) is 2.43. The molecule has 0 bridgehead atoms. The number of fused-ring (bicyclic) bond motifs is 1. The van der Waals surface area contributed by atoms with Crippen molar-refractivity contribution in [2.75, 3.05) is 12.5 Å². The van der Waals surface area contributed by atoms with E-state index in [0.29, 0.717) is 0 Å². The van der Waals surface area contributed by atoms with E-state index in [-0.39, 0.29) is 12.5 Å². The van der Waals surface area contributed by atoms with Gasteiger partial charge in [-0.2, -0.15) is 0 Å². The maximum Gasteiger partial charge on any atom is 0.128 e. The molecule has 1 unspecified atom stereocenters. The van der Waals surface area contributed by atoms with Crippen molar-refractivity contribution in [3.63, 3.8) is 0 Å². The topological polar surface area (TPSA) is 29.5 Å². The van der Waals surface area contributed by atoms with Crippen LogP contribution in [0.2, 0.25) is 0 Å². The Morgan fingerprint density at radius 1 is 1.40 bits per heavy atom. The fourth-order valence-corrected chi connectivity index (χ4v) is 2.22. The number of benzene rings is 1. The minimum atomic E-state index is -0.611. The normalized spacial score (nSPS) is 12.9. The average molecular weight is 243 g/mol. The SMILES string of the molecule is OC(CCl)COc1cccc2sccc12. The maximum absolute atomic E-state index is 9.29. The van der Waals surface area contributed by atoms with Crippen LogP contribution in [0.3, 0.4) is 0 Å². The molecular weight excluding hydrogens is 232 g/mol. The molecule has 1 N–H and O–H groups in total. The fraction of sp³-hybridized carbons (Fsp3) is 0.273. The van der Waals surface area contributed by atoms with Crippen molar-refractivity contribution in [1.82, 2.24) is 0 Å². The van der Waals surface area contributed by atoms with E-state index < -0.39 is 6.10 Å². The van der Waals surface area contributed by atoms with E-state index in [1.165, 1.54) is 4.70 Å². The van der Waals surface area contributed by atoms with Crippen molar-refractivity contribution >= 4 is 33.0 Å². The number of halogens is 1. The van der Waals surface area contributed by atoms with Crippen LogP contribution in [0.25, 0.3) is 10.1 Å². The highest BCUT2D eigenvalue weighted by Crippen LogP contribution is 2.29. The molecule has 0 radical (unpaired) electrons. The zero-order valence-corrected chi connectivity index (χ0v) is 9.59. The van der Waals surface area contributed by atoms with Gasteiger partial charge in [0.1, 0.15) is 18.5 Å². The molecule has 1 atom stereocenters. The minimum Gasteiger partial charge on any atom is -0.490 e. The Bertz CT molecular complexity index is 441. The van der Waals surface area contributed by atoms with E-state index in [1.807, 2.05) is 29.6 Å². The average Bonchev–Trinajstić information content (AvgIpc) is 2.74. The summed E-state index contributed by atoms with van der Waals surface area (Å²) in [4.78, 5) is 0. The summed E-state index contributed by atoms with van der Waals surface area (Å²) in [6.45, 7) is 0.235. The number of rotatable bonds is 4. The fourth-order valence-electron chi connectivity index (χ4n) is 1.32. The summed E-state index contributed by atoms with van der Waals surface area (Å²) in [5.74, 6) is 0.998. The van der Waals surface area contributed by atoms with Crippen molar-refractivity contribution < 1.29 is 9.84 Å². The quantitative estimate of drug-likeness (QED) is 0.836. The number of alkyl halides is 1. The standard InChI is InChI=1S/C11H11ClO2S/c12-6-8(13)7-14-10-2-1-3-11-9(10)4-5-15-11/h1-5,8,13H,6-7H2. The molecule has 80 valence electrons. The highest BCUT2D eigenvalue weighted by atomic mass is 35.5. The molecule has 1 aromatic heterocycles. The lowest BCUT2D eigenvalue weighted by Crippen LogP contribution is -2.18. The van der Waals surface area contributed by atoms with E-state index in [4.69, 9.17) is 16.3 Å². The van der Waals surface area contributed by atoms with Gasteiger partial charge < -0.3 is 9.84 Å². The summed E-state index contributed by atoms with van der Waals surface area (Å²) in [7, 11) is 0. The summed E-state index contributed by atoms with van der Waals surface area (Å²) >= 11 is 7.16. The first-order valence-corrected chi connectivity index (χ1v) is 6.05. The Hall–Kier alpha value is -0.770. The molecule has 15 heavy (non-hydrogen) atoms. The Balaban J connectivity index is 2.17. The molecule has 0 aliphatic rings. The van der Waals surface area contributed by atoms with E-state index >= 15 is 0 Å². The van der Waals surface area contributed by atoms with Crippen molar-refractivity contribution in [3.05, 3.63) is 29.6 Å². The largest absolute Gasteiger partial charge is 0.490 e. The molecule has 1 aromatic carbocycles. The van der Waals surface area contributed by atoms with Crippen LogP contribution in [0.5, 0.6) is 5.75 Å². The van der Waals surface area contributed by atoms with Crippen molar-refractivity contribution in [2.45, 2.75) is 6.10 Å². The number of aliphatic hydroxyl groups excluding tert-OH is 1. The molecule has 4 heteroatoms. The molecule has 0 saturated carbocycles. The second kappa shape index (κ2) is 4.84. The van der Waals surface area contributed by atoms with Crippen LogP contribution in [-0.4, -0.2) is 23.7 Å². The van der Waals surface area contributed by atoms with Gasteiger partial charge in [-0.15, -0.1) is 22.9 Å². The van der Waals surface area contributed by atoms with Crippen LogP contribution < -0.4 is 4.74 Å². The van der Waals surface area contributed by atoms with Crippen LogP contribution in [0.1, 0.15) is 0 Å². The van der Waals surface area contributed by atoms with Crippen molar-refractivity contribution in [2.24, 2.45) is 0 Å². The molecule has 2 nitrogen and oxygen atoms in total. The van der Waals surface area contributed by atoms with Crippen molar-refractivity contribution in [1.29, 1.82) is 0 Å². The molecule has 0 fully saturated rings. The Morgan fingerprint density at radius 3 is 3.07 bits per heavy atom. The first-order chi connectivity index (χ1) is 7.31. The third-order valence-corrected chi connectivity index (χ3v) is 3.30. The van der Waals surface area contributed by atoms with E-state index in [9.17, 15) is 5.11 Å². The molecule has 1 heterocycles. The highest BCUT2D eigenvalue weighted by Gasteiger charge is 2.06. The van der Waals surface area contributed by atoms with Gasteiger partial charge in [0, 0.05) is 10.1 Å². The molecule has 0 amide bonds. The summed E-state index contributed by atoms with van der Waals surface area (Å²) in [6, 6.07) is 7.91. The smallest absolute Gasteiger partial charge is 0.128 e. The van der Waals surface area contributed by atoms with Crippen molar-refractivity contribution in [3.8, 4) is 5.75 Å². The predicted octanol–water partition coefficient (Wildman–Crippen LogP) is 2.88. The first-order valence-electron chi connectivity index (χ1n) is 4.64. The molecule has 2 aromatic rings.